The summed E-state index contributed by atoms with van der Waals surface area (Å²) in [4.78, 5) is 27.6. The van der Waals surface area contributed by atoms with E-state index in [1.807, 2.05) is 0 Å². The van der Waals surface area contributed by atoms with E-state index in [0.717, 1.165) is 18.9 Å². The lowest BCUT2D eigenvalue weighted by Crippen LogP contribution is -2.41. The molecular weight excluding hydrogens is 265 g/mol. The van der Waals surface area contributed by atoms with Crippen molar-refractivity contribution < 1.29 is 19.1 Å². The van der Waals surface area contributed by atoms with Crippen molar-refractivity contribution in [2.45, 2.75) is 12.8 Å². The Morgan fingerprint density at radius 2 is 2.15 bits per heavy atom. The minimum absolute atomic E-state index is 0.212. The molecule has 0 atom stereocenters. The number of aromatic nitrogens is 1. The first-order valence-corrected chi connectivity index (χ1v) is 6.44. The lowest BCUT2D eigenvalue weighted by atomic mass is 9.96. The molecule has 2 rings (SSSR count). The molecule has 0 unspecified atom stereocenters. The quantitative estimate of drug-likeness (QED) is 0.819. The number of amides is 2. The minimum Gasteiger partial charge on any atom is -0.465 e. The summed E-state index contributed by atoms with van der Waals surface area (Å²) in [7, 11) is 0. The first-order valence-electron chi connectivity index (χ1n) is 6.44. The van der Waals surface area contributed by atoms with Crippen LogP contribution in [0.15, 0.2) is 18.3 Å². The molecule has 2 heterocycles. The largest absolute Gasteiger partial charge is 0.465 e. The molecule has 2 amide bonds. The maximum absolute atomic E-state index is 13.0. The van der Waals surface area contributed by atoms with Crippen LogP contribution in [0.4, 0.5) is 9.18 Å². The molecule has 108 valence electrons. The second-order valence-corrected chi connectivity index (χ2v) is 4.79. The molecule has 0 aromatic carbocycles. The second kappa shape index (κ2) is 6.31. The Bertz CT molecular complexity index is 501. The molecule has 1 aromatic rings. The number of halogens is 1. The zero-order valence-electron chi connectivity index (χ0n) is 10.9. The van der Waals surface area contributed by atoms with Crippen LogP contribution < -0.4 is 5.32 Å². The van der Waals surface area contributed by atoms with E-state index in [0.29, 0.717) is 25.2 Å². The standard InChI is InChI=1S/C13H16FN3O3/c14-11-7-10(1-4-15-11)12(18)17-5-2-9(3-6-17)8-16-13(19)20/h1,4,7,9,16H,2-3,5-6,8H2,(H,19,20). The lowest BCUT2D eigenvalue weighted by Gasteiger charge is -2.31. The van der Waals surface area contributed by atoms with Gasteiger partial charge < -0.3 is 15.3 Å². The van der Waals surface area contributed by atoms with Gasteiger partial charge in [0.2, 0.25) is 5.95 Å². The average Bonchev–Trinajstić information content (AvgIpc) is 2.45. The van der Waals surface area contributed by atoms with Crippen LogP contribution in [0.2, 0.25) is 0 Å². The van der Waals surface area contributed by atoms with Crippen molar-refractivity contribution in [3.63, 3.8) is 0 Å². The van der Waals surface area contributed by atoms with E-state index in [1.165, 1.54) is 12.3 Å². The molecule has 1 fully saturated rings. The molecule has 0 saturated carbocycles. The van der Waals surface area contributed by atoms with Gasteiger partial charge in [0.15, 0.2) is 0 Å². The summed E-state index contributed by atoms with van der Waals surface area (Å²) in [5, 5.41) is 10.9. The number of hydrogen-bond acceptors (Lipinski definition) is 3. The number of nitrogens with one attached hydrogen (secondary N) is 1. The summed E-state index contributed by atoms with van der Waals surface area (Å²) in [6.07, 6.45) is 1.71. The number of rotatable bonds is 3. The third kappa shape index (κ3) is 3.66. The van der Waals surface area contributed by atoms with Gasteiger partial charge in [-0.25, -0.2) is 9.78 Å². The van der Waals surface area contributed by atoms with Gasteiger partial charge in [0.1, 0.15) is 0 Å². The molecule has 0 bridgehead atoms. The van der Waals surface area contributed by atoms with E-state index >= 15 is 0 Å². The van der Waals surface area contributed by atoms with Crippen molar-refractivity contribution in [3.8, 4) is 0 Å². The number of carbonyl (C=O) groups is 2. The number of nitrogens with zero attached hydrogens (tertiary/aromatic N) is 2. The Hall–Kier alpha value is -2.18. The van der Waals surface area contributed by atoms with Crippen molar-refractivity contribution in [2.75, 3.05) is 19.6 Å². The predicted molar refractivity (Wildman–Crippen MR) is 68.9 cm³/mol. The highest BCUT2D eigenvalue weighted by Gasteiger charge is 2.24. The third-order valence-electron chi connectivity index (χ3n) is 3.42. The number of hydrogen-bond donors (Lipinski definition) is 2. The van der Waals surface area contributed by atoms with Crippen molar-refractivity contribution in [3.05, 3.63) is 29.8 Å². The molecule has 0 radical (unpaired) electrons. The highest BCUT2D eigenvalue weighted by atomic mass is 19.1. The van der Waals surface area contributed by atoms with Crippen LogP contribution in [-0.2, 0) is 0 Å². The van der Waals surface area contributed by atoms with Crippen LogP contribution in [0.5, 0.6) is 0 Å². The number of likely N-dealkylation sites (tertiary alicyclic amines) is 1. The van der Waals surface area contributed by atoms with E-state index in [9.17, 15) is 14.0 Å². The highest BCUT2D eigenvalue weighted by molar-refractivity contribution is 5.94. The van der Waals surface area contributed by atoms with Gasteiger partial charge >= 0.3 is 6.09 Å². The summed E-state index contributed by atoms with van der Waals surface area (Å²) in [6, 6.07) is 2.61. The molecule has 1 aromatic heterocycles. The first kappa shape index (κ1) is 14.2. The highest BCUT2D eigenvalue weighted by Crippen LogP contribution is 2.18. The van der Waals surface area contributed by atoms with Crippen LogP contribution in [0.3, 0.4) is 0 Å². The average molecular weight is 281 g/mol. The van der Waals surface area contributed by atoms with Gasteiger partial charge in [-0.05, 0) is 24.8 Å². The van der Waals surface area contributed by atoms with Gasteiger partial charge in [-0.2, -0.15) is 4.39 Å². The fraction of sp³-hybridized carbons (Fsp3) is 0.462. The summed E-state index contributed by atoms with van der Waals surface area (Å²) in [6.45, 7) is 1.50. The summed E-state index contributed by atoms with van der Waals surface area (Å²) in [5.74, 6) is -0.642. The topological polar surface area (TPSA) is 82.5 Å². The van der Waals surface area contributed by atoms with Crippen molar-refractivity contribution in [2.24, 2.45) is 5.92 Å². The Labute approximate surface area is 115 Å². The van der Waals surface area contributed by atoms with Crippen molar-refractivity contribution >= 4 is 12.0 Å². The van der Waals surface area contributed by atoms with Crippen molar-refractivity contribution in [1.82, 2.24) is 15.2 Å². The molecule has 6 nitrogen and oxygen atoms in total. The SMILES string of the molecule is O=C(O)NCC1CCN(C(=O)c2ccnc(F)c2)CC1. The number of piperidine rings is 1. The molecule has 0 aliphatic carbocycles. The maximum atomic E-state index is 13.0. The van der Waals surface area contributed by atoms with Crippen molar-refractivity contribution in [1.29, 1.82) is 0 Å². The Balaban J connectivity index is 1.87. The van der Waals surface area contributed by atoms with Gasteiger partial charge in [-0.1, -0.05) is 0 Å². The Kier molecular flexibility index (Phi) is 4.49. The van der Waals surface area contributed by atoms with Crippen LogP contribution >= 0.6 is 0 Å². The molecule has 1 aliphatic rings. The molecule has 20 heavy (non-hydrogen) atoms. The van der Waals surface area contributed by atoms with Gasteiger partial charge in [0.05, 0.1) is 0 Å². The van der Waals surface area contributed by atoms with Gasteiger partial charge in [0, 0.05) is 37.5 Å². The van der Waals surface area contributed by atoms with Crippen LogP contribution in [0, 0.1) is 11.9 Å². The molecule has 0 spiro atoms. The molecule has 1 saturated heterocycles. The predicted octanol–water partition coefficient (Wildman–Crippen LogP) is 1.34. The zero-order valence-corrected chi connectivity index (χ0v) is 10.9. The van der Waals surface area contributed by atoms with Gasteiger partial charge in [-0.3, -0.25) is 4.79 Å². The van der Waals surface area contributed by atoms with Crippen LogP contribution in [-0.4, -0.2) is 46.6 Å². The minimum atomic E-state index is -1.03. The molecule has 1 aliphatic heterocycles. The summed E-state index contributed by atoms with van der Waals surface area (Å²) < 4.78 is 13.0. The van der Waals surface area contributed by atoms with Gasteiger partial charge in [0.25, 0.3) is 5.91 Å². The van der Waals surface area contributed by atoms with Crippen LogP contribution in [0.25, 0.3) is 0 Å². The normalized spacial score (nSPS) is 15.9. The molecular formula is C13H16FN3O3. The lowest BCUT2D eigenvalue weighted by molar-refractivity contribution is 0.0688. The second-order valence-electron chi connectivity index (χ2n) is 4.79. The number of carboxylic acid groups (broad SMARTS) is 1. The fourth-order valence-corrected chi connectivity index (χ4v) is 2.29. The third-order valence-corrected chi connectivity index (χ3v) is 3.42. The zero-order chi connectivity index (χ0) is 14.5. The van der Waals surface area contributed by atoms with Crippen LogP contribution in [0.1, 0.15) is 23.2 Å². The van der Waals surface area contributed by atoms with E-state index in [-0.39, 0.29) is 11.8 Å². The summed E-state index contributed by atoms with van der Waals surface area (Å²) in [5.41, 5.74) is 0.291. The first-order chi connectivity index (χ1) is 9.56. The monoisotopic (exact) mass is 281 g/mol. The van der Waals surface area contributed by atoms with E-state index in [4.69, 9.17) is 5.11 Å². The van der Waals surface area contributed by atoms with E-state index in [2.05, 4.69) is 10.3 Å². The fourth-order valence-electron chi connectivity index (χ4n) is 2.29. The summed E-state index contributed by atoms with van der Waals surface area (Å²) >= 11 is 0. The smallest absolute Gasteiger partial charge is 0.404 e. The Morgan fingerprint density at radius 1 is 1.45 bits per heavy atom. The molecule has 2 N–H and O–H groups in total. The maximum Gasteiger partial charge on any atom is 0.404 e. The molecule has 7 heteroatoms. The number of pyridine rings is 1. The Morgan fingerprint density at radius 3 is 2.75 bits per heavy atom. The van der Waals surface area contributed by atoms with E-state index < -0.39 is 12.0 Å². The number of carbonyl (C=O) groups excluding carboxylic acids is 1. The van der Waals surface area contributed by atoms with Gasteiger partial charge in [-0.15, -0.1) is 0 Å². The van der Waals surface area contributed by atoms with E-state index in [1.54, 1.807) is 4.90 Å².